The number of carbonyl (C=O) groups excluding carboxylic acids is 1. The number of hydrogen-bond donors (Lipinski definition) is 1. The molecule has 0 fully saturated rings. The predicted octanol–water partition coefficient (Wildman–Crippen LogP) is 1.25. The number of alkyl halides is 2. The van der Waals surface area contributed by atoms with E-state index >= 15 is 0 Å². The highest BCUT2D eigenvalue weighted by Gasteiger charge is 2.37. The summed E-state index contributed by atoms with van der Waals surface area (Å²) in [5.41, 5.74) is 6.44. The zero-order valence-electron chi connectivity index (χ0n) is 8.26. The third-order valence-corrected chi connectivity index (χ3v) is 2.57. The molecular weight excluding hydrogens is 204 g/mol. The van der Waals surface area contributed by atoms with Crippen LogP contribution in [0.15, 0.2) is 0 Å². The lowest BCUT2D eigenvalue weighted by Crippen LogP contribution is -2.25. The summed E-state index contributed by atoms with van der Waals surface area (Å²) in [5, 5.41) is 3.92. The molecule has 0 spiro atoms. The van der Waals surface area contributed by atoms with Crippen molar-refractivity contribution < 1.29 is 13.6 Å². The van der Waals surface area contributed by atoms with Gasteiger partial charge in [-0.3, -0.25) is 4.79 Å². The standard InChI is InChI=1S/C9H11F2N3O/c1-5(15)14-8(12)6-4-9(10,11)3-2-7(6)13-14/h2-4,12H2,1H3. The van der Waals surface area contributed by atoms with Crippen molar-refractivity contribution in [2.45, 2.75) is 32.1 Å². The normalized spacial score (nSPS) is 18.6. The zero-order chi connectivity index (χ0) is 11.2. The largest absolute Gasteiger partial charge is 0.383 e. The third-order valence-electron chi connectivity index (χ3n) is 2.57. The van der Waals surface area contributed by atoms with Gasteiger partial charge in [0.25, 0.3) is 5.92 Å². The van der Waals surface area contributed by atoms with E-state index in [0.29, 0.717) is 11.3 Å². The van der Waals surface area contributed by atoms with Crippen molar-refractivity contribution in [2.24, 2.45) is 0 Å². The number of anilines is 1. The summed E-state index contributed by atoms with van der Waals surface area (Å²) in [6.07, 6.45) is -0.470. The van der Waals surface area contributed by atoms with E-state index in [0.717, 1.165) is 4.68 Å². The van der Waals surface area contributed by atoms with Crippen molar-refractivity contribution >= 4 is 11.7 Å². The monoisotopic (exact) mass is 215 g/mol. The van der Waals surface area contributed by atoms with Crippen LogP contribution >= 0.6 is 0 Å². The summed E-state index contributed by atoms with van der Waals surface area (Å²) < 4.78 is 27.2. The van der Waals surface area contributed by atoms with Gasteiger partial charge in [0.2, 0.25) is 5.91 Å². The average molecular weight is 215 g/mol. The maximum absolute atomic E-state index is 13.1. The number of halogens is 2. The fraction of sp³-hybridized carbons (Fsp3) is 0.556. The van der Waals surface area contributed by atoms with Gasteiger partial charge in [-0.25, -0.2) is 8.78 Å². The first-order valence-corrected chi connectivity index (χ1v) is 4.66. The molecule has 0 saturated heterocycles. The molecule has 1 aliphatic rings. The van der Waals surface area contributed by atoms with E-state index in [9.17, 15) is 13.6 Å². The van der Waals surface area contributed by atoms with Gasteiger partial charge in [-0.15, -0.1) is 0 Å². The number of fused-ring (bicyclic) bond motifs is 1. The Morgan fingerprint density at radius 2 is 2.27 bits per heavy atom. The predicted molar refractivity (Wildman–Crippen MR) is 49.9 cm³/mol. The Morgan fingerprint density at radius 3 is 2.87 bits per heavy atom. The Balaban J connectivity index is 2.47. The van der Waals surface area contributed by atoms with Gasteiger partial charge in [-0.2, -0.15) is 9.78 Å². The lowest BCUT2D eigenvalue weighted by molar-refractivity contribution is -0.0123. The van der Waals surface area contributed by atoms with Gasteiger partial charge in [-0.05, 0) is 6.42 Å². The molecule has 0 unspecified atom stereocenters. The summed E-state index contributed by atoms with van der Waals surface area (Å²) >= 11 is 0. The average Bonchev–Trinajstić information content (AvgIpc) is 2.42. The smallest absolute Gasteiger partial charge is 0.252 e. The van der Waals surface area contributed by atoms with Crippen LogP contribution in [0.2, 0.25) is 0 Å². The molecule has 1 aromatic heterocycles. The molecule has 2 N–H and O–H groups in total. The summed E-state index contributed by atoms with van der Waals surface area (Å²) in [4.78, 5) is 11.1. The van der Waals surface area contributed by atoms with Crippen LogP contribution in [0.4, 0.5) is 14.6 Å². The van der Waals surface area contributed by atoms with Crippen molar-refractivity contribution in [2.75, 3.05) is 5.73 Å². The van der Waals surface area contributed by atoms with Gasteiger partial charge in [0.15, 0.2) is 0 Å². The number of nitrogens with two attached hydrogens (primary N) is 1. The summed E-state index contributed by atoms with van der Waals surface area (Å²) in [6.45, 7) is 1.30. The van der Waals surface area contributed by atoms with Gasteiger partial charge in [0.1, 0.15) is 5.82 Å². The minimum atomic E-state index is -2.73. The molecule has 6 heteroatoms. The highest BCUT2D eigenvalue weighted by molar-refractivity contribution is 5.79. The van der Waals surface area contributed by atoms with Gasteiger partial charge in [0.05, 0.1) is 5.69 Å². The van der Waals surface area contributed by atoms with Crippen molar-refractivity contribution in [1.82, 2.24) is 9.78 Å². The molecule has 0 atom stereocenters. The number of aromatic nitrogens is 2. The van der Waals surface area contributed by atoms with Crippen LogP contribution in [0.3, 0.4) is 0 Å². The van der Waals surface area contributed by atoms with E-state index in [1.54, 1.807) is 0 Å². The molecule has 82 valence electrons. The molecule has 0 radical (unpaired) electrons. The van der Waals surface area contributed by atoms with E-state index in [2.05, 4.69) is 5.10 Å². The Labute approximate surface area is 85.1 Å². The molecule has 15 heavy (non-hydrogen) atoms. The quantitative estimate of drug-likeness (QED) is 0.708. The molecule has 0 saturated carbocycles. The Morgan fingerprint density at radius 1 is 1.60 bits per heavy atom. The van der Waals surface area contributed by atoms with Crippen LogP contribution in [-0.2, 0) is 12.8 Å². The fourth-order valence-corrected chi connectivity index (χ4v) is 1.79. The Hall–Kier alpha value is -1.46. The van der Waals surface area contributed by atoms with Crippen LogP contribution in [0.25, 0.3) is 0 Å². The summed E-state index contributed by atoms with van der Waals surface area (Å²) in [6, 6.07) is 0. The van der Waals surface area contributed by atoms with Gasteiger partial charge >= 0.3 is 0 Å². The van der Waals surface area contributed by atoms with Crippen molar-refractivity contribution in [3.05, 3.63) is 11.3 Å². The summed E-state index contributed by atoms with van der Waals surface area (Å²) in [7, 11) is 0. The molecule has 1 aliphatic carbocycles. The van der Waals surface area contributed by atoms with E-state index in [1.165, 1.54) is 6.92 Å². The molecule has 0 amide bonds. The first-order valence-electron chi connectivity index (χ1n) is 4.66. The molecule has 0 aromatic carbocycles. The molecule has 1 heterocycles. The number of nitrogens with zero attached hydrogens (tertiary/aromatic N) is 2. The van der Waals surface area contributed by atoms with E-state index < -0.39 is 12.3 Å². The van der Waals surface area contributed by atoms with Crippen LogP contribution in [-0.4, -0.2) is 21.6 Å². The first-order chi connectivity index (χ1) is 6.91. The maximum Gasteiger partial charge on any atom is 0.252 e. The van der Waals surface area contributed by atoms with Crippen molar-refractivity contribution in [3.8, 4) is 0 Å². The maximum atomic E-state index is 13.1. The number of rotatable bonds is 0. The van der Waals surface area contributed by atoms with Crippen molar-refractivity contribution in [1.29, 1.82) is 0 Å². The van der Waals surface area contributed by atoms with E-state index in [-0.39, 0.29) is 24.6 Å². The molecular formula is C9H11F2N3O. The highest BCUT2D eigenvalue weighted by atomic mass is 19.3. The second-order valence-corrected chi connectivity index (χ2v) is 3.77. The van der Waals surface area contributed by atoms with Gasteiger partial charge < -0.3 is 5.73 Å². The topological polar surface area (TPSA) is 60.9 Å². The number of nitrogen functional groups attached to an aromatic ring is 1. The molecule has 1 aromatic rings. The van der Waals surface area contributed by atoms with Crippen molar-refractivity contribution in [3.63, 3.8) is 0 Å². The summed E-state index contributed by atoms with van der Waals surface area (Å²) in [5.74, 6) is -3.03. The minimum absolute atomic E-state index is 0.0527. The Kier molecular flexibility index (Phi) is 2.02. The van der Waals surface area contributed by atoms with Crippen LogP contribution in [0.1, 0.15) is 29.4 Å². The van der Waals surface area contributed by atoms with Gasteiger partial charge in [-0.1, -0.05) is 0 Å². The molecule has 2 rings (SSSR count). The highest BCUT2D eigenvalue weighted by Crippen LogP contribution is 2.35. The molecule has 0 aliphatic heterocycles. The first kappa shape index (κ1) is 10.1. The number of carbonyl (C=O) groups is 1. The van der Waals surface area contributed by atoms with E-state index in [4.69, 9.17) is 5.73 Å². The minimum Gasteiger partial charge on any atom is -0.383 e. The zero-order valence-corrected chi connectivity index (χ0v) is 8.26. The second-order valence-electron chi connectivity index (χ2n) is 3.77. The van der Waals surface area contributed by atoms with Crippen LogP contribution < -0.4 is 5.73 Å². The van der Waals surface area contributed by atoms with Crippen LogP contribution in [0, 0.1) is 0 Å². The second kappa shape index (κ2) is 3.01. The molecule has 0 bridgehead atoms. The lowest BCUT2D eigenvalue weighted by atomic mass is 9.94. The molecule has 4 nitrogen and oxygen atoms in total. The van der Waals surface area contributed by atoms with Crippen LogP contribution in [0.5, 0.6) is 0 Å². The number of aryl methyl sites for hydroxylation is 1. The third kappa shape index (κ3) is 1.60. The fourth-order valence-electron chi connectivity index (χ4n) is 1.79. The Bertz CT molecular complexity index is 425. The number of hydrogen-bond acceptors (Lipinski definition) is 3. The SMILES string of the molecule is CC(=O)n1nc2c(c1N)CC(F)(F)CC2. The van der Waals surface area contributed by atoms with Gasteiger partial charge in [0, 0.05) is 25.3 Å². The lowest BCUT2D eigenvalue weighted by Gasteiger charge is -2.20. The van der Waals surface area contributed by atoms with E-state index in [1.807, 2.05) is 0 Å².